The first kappa shape index (κ1) is 15.2. The number of pyridine rings is 1. The van der Waals surface area contributed by atoms with E-state index in [1.807, 2.05) is 0 Å². The Labute approximate surface area is 114 Å². The zero-order valence-electron chi connectivity index (χ0n) is 11.6. The van der Waals surface area contributed by atoms with Crippen molar-refractivity contribution in [2.75, 3.05) is 13.2 Å². The van der Waals surface area contributed by atoms with Gasteiger partial charge in [-0.25, -0.2) is 4.98 Å². The minimum Gasteiger partial charge on any atom is -0.384 e. The fraction of sp³-hybridized carbons (Fsp3) is 0.467. The Morgan fingerprint density at radius 2 is 2.16 bits per heavy atom. The van der Waals surface area contributed by atoms with Gasteiger partial charge in [0.05, 0.1) is 0 Å². The standard InChI is InChI=1S/C15H20N2O2/c1-11(2)12(3)9-17-15(19)14-7-6-13(10-16-14)5-4-8-18/h6-7,10-12,18H,8-9H2,1-3H3,(H,17,19). The maximum atomic E-state index is 11.8. The predicted molar refractivity (Wildman–Crippen MR) is 74.5 cm³/mol. The van der Waals surface area contributed by atoms with Crippen LogP contribution in [0.15, 0.2) is 18.3 Å². The fourth-order valence-electron chi connectivity index (χ4n) is 1.32. The van der Waals surface area contributed by atoms with Crippen molar-refractivity contribution < 1.29 is 9.90 Å². The fourth-order valence-corrected chi connectivity index (χ4v) is 1.32. The third kappa shape index (κ3) is 5.11. The summed E-state index contributed by atoms with van der Waals surface area (Å²) < 4.78 is 0. The minimum absolute atomic E-state index is 0.172. The van der Waals surface area contributed by atoms with Crippen LogP contribution in [-0.2, 0) is 0 Å². The molecule has 1 unspecified atom stereocenters. The molecule has 0 bridgehead atoms. The molecule has 1 atom stereocenters. The summed E-state index contributed by atoms with van der Waals surface area (Å²) in [6.45, 7) is 6.82. The highest BCUT2D eigenvalue weighted by atomic mass is 16.2. The summed E-state index contributed by atoms with van der Waals surface area (Å²) in [5, 5.41) is 11.4. The first-order valence-corrected chi connectivity index (χ1v) is 6.38. The maximum absolute atomic E-state index is 11.8. The van der Waals surface area contributed by atoms with Crippen molar-refractivity contribution in [3.05, 3.63) is 29.6 Å². The second-order valence-electron chi connectivity index (χ2n) is 4.82. The lowest BCUT2D eigenvalue weighted by atomic mass is 9.98. The molecule has 0 aliphatic carbocycles. The zero-order chi connectivity index (χ0) is 14.3. The number of carbonyl (C=O) groups excluding carboxylic acids is 1. The second kappa shape index (κ2) is 7.55. The molecule has 0 spiro atoms. The number of aromatic nitrogens is 1. The molecule has 1 amide bonds. The van der Waals surface area contributed by atoms with Crippen LogP contribution in [0, 0.1) is 23.7 Å². The van der Waals surface area contributed by atoms with Gasteiger partial charge in [0.1, 0.15) is 12.3 Å². The monoisotopic (exact) mass is 260 g/mol. The number of aliphatic hydroxyl groups excluding tert-OH is 1. The molecule has 1 aromatic rings. The Bertz CT molecular complexity index is 469. The maximum Gasteiger partial charge on any atom is 0.269 e. The van der Waals surface area contributed by atoms with E-state index in [2.05, 4.69) is 42.9 Å². The van der Waals surface area contributed by atoms with E-state index in [-0.39, 0.29) is 12.5 Å². The molecule has 102 valence electrons. The van der Waals surface area contributed by atoms with Crippen LogP contribution in [0.2, 0.25) is 0 Å². The Balaban J connectivity index is 2.58. The molecule has 1 rings (SSSR count). The Morgan fingerprint density at radius 1 is 1.42 bits per heavy atom. The number of hydrogen-bond donors (Lipinski definition) is 2. The molecule has 0 aromatic carbocycles. The molecule has 0 aliphatic rings. The number of carbonyl (C=O) groups is 1. The summed E-state index contributed by atoms with van der Waals surface area (Å²) in [6.07, 6.45) is 1.53. The molecule has 2 N–H and O–H groups in total. The molecule has 0 fully saturated rings. The third-order valence-electron chi connectivity index (χ3n) is 3.03. The van der Waals surface area contributed by atoms with E-state index in [0.29, 0.717) is 29.6 Å². The van der Waals surface area contributed by atoms with E-state index in [0.717, 1.165) is 0 Å². The zero-order valence-corrected chi connectivity index (χ0v) is 11.6. The molecule has 1 heterocycles. The van der Waals surface area contributed by atoms with Gasteiger partial charge in [0, 0.05) is 18.3 Å². The lowest BCUT2D eigenvalue weighted by molar-refractivity contribution is 0.0940. The van der Waals surface area contributed by atoms with Gasteiger partial charge in [-0.1, -0.05) is 32.6 Å². The van der Waals surface area contributed by atoms with Crippen molar-refractivity contribution in [1.82, 2.24) is 10.3 Å². The van der Waals surface area contributed by atoms with Gasteiger partial charge >= 0.3 is 0 Å². The van der Waals surface area contributed by atoms with E-state index in [4.69, 9.17) is 5.11 Å². The third-order valence-corrected chi connectivity index (χ3v) is 3.03. The van der Waals surface area contributed by atoms with E-state index >= 15 is 0 Å². The van der Waals surface area contributed by atoms with Crippen LogP contribution >= 0.6 is 0 Å². The summed E-state index contributed by atoms with van der Waals surface area (Å²) >= 11 is 0. The number of aliphatic hydroxyl groups is 1. The number of nitrogens with zero attached hydrogens (tertiary/aromatic N) is 1. The SMILES string of the molecule is CC(C)C(C)CNC(=O)c1ccc(C#CCO)cn1. The quantitative estimate of drug-likeness (QED) is 0.805. The summed E-state index contributed by atoms with van der Waals surface area (Å²) in [5.74, 6) is 6.05. The Hall–Kier alpha value is -1.86. The van der Waals surface area contributed by atoms with E-state index in [1.165, 1.54) is 6.20 Å². The average Bonchev–Trinajstić information content (AvgIpc) is 2.42. The van der Waals surface area contributed by atoms with Crippen molar-refractivity contribution in [2.24, 2.45) is 11.8 Å². The normalized spacial score (nSPS) is 11.6. The van der Waals surface area contributed by atoms with Crippen LogP contribution in [0.4, 0.5) is 0 Å². The number of nitrogens with one attached hydrogen (secondary N) is 1. The molecule has 1 aromatic heterocycles. The smallest absolute Gasteiger partial charge is 0.269 e. The van der Waals surface area contributed by atoms with Crippen molar-refractivity contribution in [1.29, 1.82) is 0 Å². The molecule has 0 saturated carbocycles. The summed E-state index contributed by atoms with van der Waals surface area (Å²) in [4.78, 5) is 15.9. The lowest BCUT2D eigenvalue weighted by Gasteiger charge is -2.15. The molecule has 4 heteroatoms. The van der Waals surface area contributed by atoms with Crippen LogP contribution in [0.25, 0.3) is 0 Å². The number of hydrogen-bond acceptors (Lipinski definition) is 3. The van der Waals surface area contributed by atoms with Crippen LogP contribution in [0.5, 0.6) is 0 Å². The first-order valence-electron chi connectivity index (χ1n) is 6.38. The molecule has 19 heavy (non-hydrogen) atoms. The highest BCUT2D eigenvalue weighted by Gasteiger charge is 2.11. The molecule has 0 aliphatic heterocycles. The molecule has 4 nitrogen and oxygen atoms in total. The van der Waals surface area contributed by atoms with Crippen molar-refractivity contribution >= 4 is 5.91 Å². The van der Waals surface area contributed by atoms with E-state index < -0.39 is 0 Å². The highest BCUT2D eigenvalue weighted by molar-refractivity contribution is 5.92. The largest absolute Gasteiger partial charge is 0.384 e. The van der Waals surface area contributed by atoms with Crippen molar-refractivity contribution in [3.63, 3.8) is 0 Å². The summed E-state index contributed by atoms with van der Waals surface area (Å²) in [5.41, 5.74) is 1.06. The second-order valence-corrected chi connectivity index (χ2v) is 4.82. The molecule has 0 saturated heterocycles. The van der Waals surface area contributed by atoms with Gasteiger partial charge in [0.2, 0.25) is 0 Å². The van der Waals surface area contributed by atoms with Gasteiger partial charge in [-0.05, 0) is 24.0 Å². The summed E-state index contributed by atoms with van der Waals surface area (Å²) in [7, 11) is 0. The Morgan fingerprint density at radius 3 is 2.68 bits per heavy atom. The topological polar surface area (TPSA) is 62.2 Å². The molecular formula is C15H20N2O2. The Kier molecular flexibility index (Phi) is 6.04. The minimum atomic E-state index is -0.185. The van der Waals surface area contributed by atoms with Crippen molar-refractivity contribution in [2.45, 2.75) is 20.8 Å². The highest BCUT2D eigenvalue weighted by Crippen LogP contribution is 2.08. The van der Waals surface area contributed by atoms with Gasteiger partial charge in [-0.2, -0.15) is 0 Å². The van der Waals surface area contributed by atoms with Gasteiger partial charge < -0.3 is 10.4 Å². The molecular weight excluding hydrogens is 240 g/mol. The molecule has 0 radical (unpaired) electrons. The van der Waals surface area contributed by atoms with Crippen LogP contribution in [0.1, 0.15) is 36.8 Å². The van der Waals surface area contributed by atoms with Crippen LogP contribution in [-0.4, -0.2) is 29.1 Å². The number of rotatable bonds is 4. The van der Waals surface area contributed by atoms with Crippen molar-refractivity contribution in [3.8, 4) is 11.8 Å². The van der Waals surface area contributed by atoms with E-state index in [1.54, 1.807) is 12.1 Å². The van der Waals surface area contributed by atoms with Gasteiger partial charge in [0.15, 0.2) is 0 Å². The van der Waals surface area contributed by atoms with Gasteiger partial charge in [0.25, 0.3) is 5.91 Å². The lowest BCUT2D eigenvalue weighted by Crippen LogP contribution is -2.30. The van der Waals surface area contributed by atoms with E-state index in [9.17, 15) is 4.79 Å². The van der Waals surface area contributed by atoms with Gasteiger partial charge in [-0.3, -0.25) is 4.79 Å². The van der Waals surface area contributed by atoms with Gasteiger partial charge in [-0.15, -0.1) is 0 Å². The first-order chi connectivity index (χ1) is 9.04. The summed E-state index contributed by atoms with van der Waals surface area (Å²) in [6, 6.07) is 3.35. The average molecular weight is 260 g/mol. The van der Waals surface area contributed by atoms with Crippen LogP contribution < -0.4 is 5.32 Å². The van der Waals surface area contributed by atoms with Crippen LogP contribution in [0.3, 0.4) is 0 Å². The predicted octanol–water partition coefficient (Wildman–Crippen LogP) is 1.45. The number of amides is 1.